The van der Waals surface area contributed by atoms with Gasteiger partial charge in [0.1, 0.15) is 16.3 Å². The van der Waals surface area contributed by atoms with E-state index < -0.39 is 5.60 Å². The predicted octanol–water partition coefficient (Wildman–Crippen LogP) is 4.93. The number of H-pyrrole nitrogens is 1. The normalized spacial score (nSPS) is 18.0. The Kier molecular flexibility index (Phi) is 3.84. The fourth-order valence-electron chi connectivity index (χ4n) is 4.37. The number of aliphatic hydroxyl groups is 1. The van der Waals surface area contributed by atoms with Gasteiger partial charge in [0.2, 0.25) is 0 Å². The first kappa shape index (κ1) is 17.5. The van der Waals surface area contributed by atoms with Crippen LogP contribution >= 0.6 is 11.3 Å². The molecule has 2 N–H and O–H groups in total. The summed E-state index contributed by atoms with van der Waals surface area (Å²) in [7, 11) is 0. The van der Waals surface area contributed by atoms with E-state index in [4.69, 9.17) is 4.98 Å². The highest BCUT2D eigenvalue weighted by Crippen LogP contribution is 2.42. The zero-order chi connectivity index (χ0) is 20.1. The second-order valence-corrected chi connectivity index (χ2v) is 8.47. The van der Waals surface area contributed by atoms with Gasteiger partial charge in [-0.3, -0.25) is 4.98 Å². The molecule has 146 valence electrons. The number of benzene rings is 1. The van der Waals surface area contributed by atoms with E-state index in [-0.39, 0.29) is 0 Å². The number of nitrogens with one attached hydrogen (secondary N) is 1. The van der Waals surface area contributed by atoms with Crippen molar-refractivity contribution in [3.8, 4) is 21.8 Å². The quantitative estimate of drug-likeness (QED) is 0.442. The van der Waals surface area contributed by atoms with E-state index in [1.807, 2.05) is 36.5 Å². The minimum absolute atomic E-state index is 0.670. The third kappa shape index (κ3) is 2.61. The molecular weight excluding hydrogens is 392 g/mol. The summed E-state index contributed by atoms with van der Waals surface area (Å²) in [4.78, 5) is 16.7. The van der Waals surface area contributed by atoms with Crippen LogP contribution in [0.5, 0.6) is 0 Å². The van der Waals surface area contributed by atoms with E-state index in [1.54, 1.807) is 29.9 Å². The number of pyridine rings is 2. The van der Waals surface area contributed by atoms with Gasteiger partial charge in [-0.1, -0.05) is 18.2 Å². The summed E-state index contributed by atoms with van der Waals surface area (Å²) < 4.78 is 0. The Morgan fingerprint density at radius 2 is 2.07 bits per heavy atom. The number of nitrogens with zero attached hydrogens (tertiary/aromatic N) is 3. The van der Waals surface area contributed by atoms with E-state index >= 15 is 0 Å². The van der Waals surface area contributed by atoms with Crippen LogP contribution in [0.25, 0.3) is 32.9 Å². The molecule has 30 heavy (non-hydrogen) atoms. The Balaban J connectivity index is 1.40. The van der Waals surface area contributed by atoms with Crippen LogP contribution in [0, 0.1) is 0 Å². The first-order valence-electron chi connectivity index (χ1n) is 9.87. The maximum absolute atomic E-state index is 11.5. The topological polar surface area (TPSA) is 74.7 Å². The molecule has 6 heteroatoms. The van der Waals surface area contributed by atoms with E-state index in [9.17, 15) is 5.11 Å². The van der Waals surface area contributed by atoms with Gasteiger partial charge in [-0.25, -0.2) is 9.97 Å². The molecule has 0 unspecified atom stereocenters. The van der Waals surface area contributed by atoms with Crippen LogP contribution in [0.15, 0.2) is 72.6 Å². The zero-order valence-corrected chi connectivity index (χ0v) is 16.9. The average molecular weight is 411 g/mol. The van der Waals surface area contributed by atoms with E-state index in [0.717, 1.165) is 50.4 Å². The summed E-state index contributed by atoms with van der Waals surface area (Å²) >= 11 is 1.61. The van der Waals surface area contributed by atoms with E-state index in [2.05, 4.69) is 32.5 Å². The molecule has 5 aromatic rings. The van der Waals surface area contributed by atoms with Crippen LogP contribution in [-0.2, 0) is 12.0 Å². The van der Waals surface area contributed by atoms with Gasteiger partial charge in [-0.15, -0.1) is 11.3 Å². The number of hydrogen-bond acceptors (Lipinski definition) is 5. The molecule has 0 radical (unpaired) electrons. The molecule has 0 bridgehead atoms. The number of aryl methyl sites for hydroxylation is 1. The highest BCUT2D eigenvalue weighted by molar-refractivity contribution is 7.13. The minimum Gasteiger partial charge on any atom is -0.380 e. The second kappa shape index (κ2) is 6.58. The van der Waals surface area contributed by atoms with Crippen LogP contribution in [0.4, 0.5) is 0 Å². The number of aromatic nitrogens is 4. The van der Waals surface area contributed by atoms with Gasteiger partial charge in [0.25, 0.3) is 0 Å². The lowest BCUT2D eigenvalue weighted by Crippen LogP contribution is -2.24. The third-order valence-electron chi connectivity index (χ3n) is 5.93. The predicted molar refractivity (Wildman–Crippen MR) is 118 cm³/mol. The molecule has 0 saturated heterocycles. The molecule has 1 aliphatic rings. The van der Waals surface area contributed by atoms with Gasteiger partial charge in [0.05, 0.1) is 5.69 Å². The van der Waals surface area contributed by atoms with Crippen LogP contribution in [0.2, 0.25) is 0 Å². The highest BCUT2D eigenvalue weighted by Gasteiger charge is 2.38. The maximum Gasteiger partial charge on any atom is 0.137 e. The van der Waals surface area contributed by atoms with Crippen molar-refractivity contribution in [1.82, 2.24) is 19.9 Å². The number of hydrogen-bond donors (Lipinski definition) is 2. The lowest BCUT2D eigenvalue weighted by Gasteiger charge is -2.24. The minimum atomic E-state index is -0.998. The fourth-order valence-corrected chi connectivity index (χ4v) is 5.19. The van der Waals surface area contributed by atoms with Gasteiger partial charge in [0.15, 0.2) is 0 Å². The lowest BCUT2D eigenvalue weighted by atomic mass is 9.88. The van der Waals surface area contributed by atoms with Crippen molar-refractivity contribution in [1.29, 1.82) is 0 Å². The van der Waals surface area contributed by atoms with Crippen molar-refractivity contribution in [3.05, 3.63) is 89.3 Å². The van der Waals surface area contributed by atoms with Crippen LogP contribution in [0.3, 0.4) is 0 Å². The van der Waals surface area contributed by atoms with E-state index in [0.29, 0.717) is 6.42 Å². The Morgan fingerprint density at radius 3 is 3.03 bits per heavy atom. The Labute approximate surface area is 177 Å². The zero-order valence-electron chi connectivity index (χ0n) is 16.0. The van der Waals surface area contributed by atoms with Crippen molar-refractivity contribution in [2.45, 2.75) is 18.4 Å². The maximum atomic E-state index is 11.5. The van der Waals surface area contributed by atoms with Crippen LogP contribution < -0.4 is 0 Å². The summed E-state index contributed by atoms with van der Waals surface area (Å²) in [5.74, 6) is 0. The summed E-state index contributed by atoms with van der Waals surface area (Å²) in [5.41, 5.74) is 5.81. The molecule has 1 aliphatic carbocycles. The van der Waals surface area contributed by atoms with E-state index in [1.165, 1.54) is 5.56 Å². The van der Waals surface area contributed by atoms with Gasteiger partial charge < -0.3 is 10.1 Å². The molecule has 1 atom stereocenters. The summed E-state index contributed by atoms with van der Waals surface area (Å²) in [5, 5.41) is 15.6. The largest absolute Gasteiger partial charge is 0.380 e. The molecule has 4 heterocycles. The molecular formula is C24H18N4OS. The first-order chi connectivity index (χ1) is 14.7. The molecule has 5 nitrogen and oxygen atoms in total. The molecule has 0 aliphatic heterocycles. The lowest BCUT2D eigenvalue weighted by molar-refractivity contribution is 0.0827. The summed E-state index contributed by atoms with van der Waals surface area (Å²) in [6.07, 6.45) is 8.84. The van der Waals surface area contributed by atoms with Crippen molar-refractivity contribution < 1.29 is 5.11 Å². The monoisotopic (exact) mass is 410 g/mol. The molecule has 1 aromatic carbocycles. The Hall–Kier alpha value is -3.35. The number of fused-ring (bicyclic) bond motifs is 2. The van der Waals surface area contributed by atoms with Crippen molar-refractivity contribution in [3.63, 3.8) is 0 Å². The van der Waals surface area contributed by atoms with Crippen molar-refractivity contribution >= 4 is 22.4 Å². The smallest absolute Gasteiger partial charge is 0.137 e. The Bertz CT molecular complexity index is 1390. The van der Waals surface area contributed by atoms with Crippen LogP contribution in [0.1, 0.15) is 23.1 Å². The first-order valence-corrected chi connectivity index (χ1v) is 10.7. The van der Waals surface area contributed by atoms with Crippen molar-refractivity contribution in [2.24, 2.45) is 0 Å². The number of thiazole rings is 1. The second-order valence-electron chi connectivity index (χ2n) is 7.61. The van der Waals surface area contributed by atoms with Gasteiger partial charge in [0, 0.05) is 52.2 Å². The summed E-state index contributed by atoms with van der Waals surface area (Å²) in [6, 6.07) is 14.1. The Morgan fingerprint density at radius 1 is 1.10 bits per heavy atom. The number of rotatable bonds is 3. The van der Waals surface area contributed by atoms with Gasteiger partial charge in [-0.2, -0.15) is 0 Å². The average Bonchev–Trinajstić information content (AvgIpc) is 3.52. The van der Waals surface area contributed by atoms with Gasteiger partial charge >= 0.3 is 0 Å². The molecule has 0 fully saturated rings. The number of aromatic amines is 1. The summed E-state index contributed by atoms with van der Waals surface area (Å²) in [6.45, 7) is 0. The molecule has 0 amide bonds. The highest BCUT2D eigenvalue weighted by atomic mass is 32.1. The van der Waals surface area contributed by atoms with Gasteiger partial charge in [-0.05, 0) is 48.2 Å². The molecule has 6 rings (SSSR count). The third-order valence-corrected chi connectivity index (χ3v) is 6.82. The van der Waals surface area contributed by atoms with Crippen LogP contribution in [-0.4, -0.2) is 25.0 Å². The SMILES string of the molecule is O[C@]1(c2cccc(-c3nc(-c4c[nH]c5ncccc45)cs3)c2)CCc2ccncc21. The molecule has 4 aromatic heterocycles. The molecule has 0 spiro atoms. The molecule has 0 saturated carbocycles. The van der Waals surface area contributed by atoms with Crippen molar-refractivity contribution in [2.75, 3.05) is 0 Å². The standard InChI is InChI=1S/C24H18N4OS/c29-24(8-6-15-7-10-25-13-20(15)24)17-4-1-3-16(11-17)23-28-21(14-30-23)19-12-27-22-18(19)5-2-9-26-22/h1-5,7,9-14,29H,6,8H2,(H,26,27)/t24-/m0/s1. The fraction of sp³-hybridized carbons (Fsp3) is 0.125.